The number of carbonyl (C=O) groups excluding carboxylic acids is 1. The van der Waals surface area contributed by atoms with Crippen LogP contribution in [0, 0.1) is 0 Å². The van der Waals surface area contributed by atoms with E-state index in [-0.39, 0.29) is 23.0 Å². The zero-order valence-corrected chi connectivity index (χ0v) is 19.2. The van der Waals surface area contributed by atoms with Gasteiger partial charge in [0, 0.05) is 37.5 Å². The smallest absolute Gasteiger partial charge is 0.258 e. The predicted octanol–water partition coefficient (Wildman–Crippen LogP) is 2.78. The lowest BCUT2D eigenvalue weighted by Gasteiger charge is -2.34. The Morgan fingerprint density at radius 3 is 2.13 bits per heavy atom. The lowest BCUT2D eigenvalue weighted by molar-refractivity contribution is -0.0440. The van der Waals surface area contributed by atoms with Crippen LogP contribution in [0.5, 0.6) is 11.5 Å². The lowest BCUT2D eigenvalue weighted by atomic mass is 10.2. The number of carbonyl (C=O) groups is 1. The maximum atomic E-state index is 13.0. The van der Waals surface area contributed by atoms with E-state index in [2.05, 4.69) is 0 Å². The Labute approximate surface area is 183 Å². The maximum Gasteiger partial charge on any atom is 0.258 e. The van der Waals surface area contributed by atoms with Gasteiger partial charge in [-0.15, -0.1) is 0 Å². The molecule has 2 aromatic carbocycles. The number of morpholine rings is 1. The second-order valence-electron chi connectivity index (χ2n) is 7.51. The van der Waals surface area contributed by atoms with Gasteiger partial charge < -0.3 is 19.1 Å². The van der Waals surface area contributed by atoms with Gasteiger partial charge in [-0.25, -0.2) is 8.42 Å². The molecule has 2 aromatic rings. The van der Waals surface area contributed by atoms with Gasteiger partial charge >= 0.3 is 0 Å². The van der Waals surface area contributed by atoms with E-state index in [1.165, 1.54) is 40.6 Å². The fraction of sp³-hybridized carbons (Fsp3) is 0.409. The summed E-state index contributed by atoms with van der Waals surface area (Å²) in [7, 11) is 1.05. The molecule has 31 heavy (non-hydrogen) atoms. The molecule has 0 bridgehead atoms. The van der Waals surface area contributed by atoms with Crippen LogP contribution in [0.15, 0.2) is 47.4 Å². The highest BCUT2D eigenvalue weighted by Gasteiger charge is 2.32. The number of hydrogen-bond donors (Lipinski definition) is 0. The van der Waals surface area contributed by atoms with Crippen LogP contribution in [0.25, 0.3) is 0 Å². The average molecular weight is 449 g/mol. The summed E-state index contributed by atoms with van der Waals surface area (Å²) in [5, 5.41) is 0. The molecule has 0 N–H and O–H groups in total. The Balaban J connectivity index is 1.80. The molecule has 0 aromatic heterocycles. The van der Waals surface area contributed by atoms with Gasteiger partial charge in [0.2, 0.25) is 10.0 Å². The van der Waals surface area contributed by atoms with Crippen LogP contribution in [-0.4, -0.2) is 65.2 Å². The number of benzene rings is 2. The van der Waals surface area contributed by atoms with Crippen LogP contribution >= 0.6 is 0 Å². The van der Waals surface area contributed by atoms with Crippen LogP contribution < -0.4 is 14.4 Å². The zero-order chi connectivity index (χ0) is 22.8. The van der Waals surface area contributed by atoms with Gasteiger partial charge in [-0.05, 0) is 50.2 Å². The number of methoxy groups -OCH3 is 2. The molecule has 9 heteroatoms. The molecule has 1 aliphatic rings. The maximum absolute atomic E-state index is 13.0. The van der Waals surface area contributed by atoms with Gasteiger partial charge in [-0.3, -0.25) is 4.79 Å². The van der Waals surface area contributed by atoms with Crippen molar-refractivity contribution in [2.75, 3.05) is 39.3 Å². The first-order valence-electron chi connectivity index (χ1n) is 9.93. The fourth-order valence-electron chi connectivity index (χ4n) is 3.59. The second kappa shape index (κ2) is 9.25. The molecular weight excluding hydrogens is 420 g/mol. The van der Waals surface area contributed by atoms with E-state index in [9.17, 15) is 13.2 Å². The van der Waals surface area contributed by atoms with Crippen LogP contribution in [0.3, 0.4) is 0 Å². The Morgan fingerprint density at radius 1 is 1.00 bits per heavy atom. The number of nitrogens with zero attached hydrogens (tertiary/aromatic N) is 2. The van der Waals surface area contributed by atoms with Crippen molar-refractivity contribution in [1.82, 2.24) is 4.31 Å². The number of ether oxygens (including phenoxy) is 3. The van der Waals surface area contributed by atoms with Crippen LogP contribution in [0.1, 0.15) is 24.2 Å². The van der Waals surface area contributed by atoms with E-state index in [1.54, 1.807) is 32.4 Å². The Morgan fingerprint density at radius 2 is 1.58 bits per heavy atom. The first kappa shape index (κ1) is 23.1. The Kier molecular flexibility index (Phi) is 6.88. The minimum atomic E-state index is -3.66. The molecule has 2 unspecified atom stereocenters. The molecule has 1 heterocycles. The molecule has 1 aliphatic heterocycles. The summed E-state index contributed by atoms with van der Waals surface area (Å²) >= 11 is 0. The Hall–Kier alpha value is -2.62. The second-order valence-corrected chi connectivity index (χ2v) is 9.45. The zero-order valence-electron chi connectivity index (χ0n) is 18.4. The minimum absolute atomic E-state index is 0.152. The summed E-state index contributed by atoms with van der Waals surface area (Å²) < 4.78 is 43.6. The van der Waals surface area contributed by atoms with Crippen molar-refractivity contribution in [3.63, 3.8) is 0 Å². The normalized spacial score (nSPS) is 19.6. The van der Waals surface area contributed by atoms with Gasteiger partial charge in [0.1, 0.15) is 0 Å². The average Bonchev–Trinajstić information content (AvgIpc) is 2.77. The van der Waals surface area contributed by atoms with Gasteiger partial charge in [-0.1, -0.05) is 0 Å². The topological polar surface area (TPSA) is 85.4 Å². The van der Waals surface area contributed by atoms with Crippen molar-refractivity contribution in [2.45, 2.75) is 31.0 Å². The van der Waals surface area contributed by atoms with Crippen molar-refractivity contribution in [3.05, 3.63) is 48.0 Å². The highest BCUT2D eigenvalue weighted by molar-refractivity contribution is 7.89. The summed E-state index contributed by atoms with van der Waals surface area (Å²) in [5.74, 6) is 0.799. The SMILES string of the molecule is COc1ccc(N(C)C(=O)c2ccc(S(=O)(=O)N3CC(C)OC(C)C3)cc2)cc1OC. The first-order chi connectivity index (χ1) is 14.7. The molecule has 1 saturated heterocycles. The molecule has 168 valence electrons. The molecule has 0 spiro atoms. The van der Waals surface area contributed by atoms with E-state index in [0.717, 1.165) is 0 Å². The number of hydrogen-bond acceptors (Lipinski definition) is 6. The summed E-state index contributed by atoms with van der Waals surface area (Å²) in [4.78, 5) is 14.5. The minimum Gasteiger partial charge on any atom is -0.493 e. The molecule has 3 rings (SSSR count). The molecule has 0 aliphatic carbocycles. The Bertz CT molecular complexity index is 1030. The van der Waals surface area contributed by atoms with Crippen molar-refractivity contribution in [2.24, 2.45) is 0 Å². The molecule has 8 nitrogen and oxygen atoms in total. The van der Waals surface area contributed by atoms with E-state index >= 15 is 0 Å². The first-order valence-corrected chi connectivity index (χ1v) is 11.4. The van der Waals surface area contributed by atoms with Crippen molar-refractivity contribution in [3.8, 4) is 11.5 Å². The number of anilines is 1. The number of rotatable bonds is 6. The van der Waals surface area contributed by atoms with E-state index in [1.807, 2.05) is 13.8 Å². The van der Waals surface area contributed by atoms with E-state index in [0.29, 0.717) is 35.8 Å². The van der Waals surface area contributed by atoms with Crippen molar-refractivity contribution >= 4 is 21.6 Å². The summed E-state index contributed by atoms with van der Waals surface area (Å²) in [6, 6.07) is 11.2. The van der Waals surface area contributed by atoms with Crippen molar-refractivity contribution in [1.29, 1.82) is 0 Å². The highest BCUT2D eigenvalue weighted by atomic mass is 32.2. The van der Waals surface area contributed by atoms with Crippen LogP contribution in [0.4, 0.5) is 5.69 Å². The standard InChI is InChI=1S/C22H28N2O6S/c1-15-13-24(14-16(2)30-15)31(26,27)19-9-6-17(7-10-19)22(25)23(3)18-8-11-20(28-4)21(12-18)29-5/h6-12,15-16H,13-14H2,1-5H3. The fourth-order valence-corrected chi connectivity index (χ4v) is 5.18. The quantitative estimate of drug-likeness (QED) is 0.676. The van der Waals surface area contributed by atoms with Crippen LogP contribution in [-0.2, 0) is 14.8 Å². The predicted molar refractivity (Wildman–Crippen MR) is 117 cm³/mol. The summed E-state index contributed by atoms with van der Waals surface area (Å²) in [5.41, 5.74) is 0.996. The van der Waals surface area contributed by atoms with E-state index < -0.39 is 10.0 Å². The number of amides is 1. The largest absolute Gasteiger partial charge is 0.493 e. The molecule has 0 radical (unpaired) electrons. The summed E-state index contributed by atoms with van der Waals surface area (Å²) in [6.45, 7) is 4.30. The van der Waals surface area contributed by atoms with Crippen molar-refractivity contribution < 1.29 is 27.4 Å². The third-order valence-electron chi connectivity index (χ3n) is 5.18. The molecule has 2 atom stereocenters. The highest BCUT2D eigenvalue weighted by Crippen LogP contribution is 2.31. The monoisotopic (exact) mass is 448 g/mol. The van der Waals surface area contributed by atoms with Gasteiger partial charge in [0.15, 0.2) is 11.5 Å². The lowest BCUT2D eigenvalue weighted by Crippen LogP contribution is -2.48. The third-order valence-corrected chi connectivity index (χ3v) is 7.03. The summed E-state index contributed by atoms with van der Waals surface area (Å²) in [6.07, 6.45) is -0.343. The van der Waals surface area contributed by atoms with Gasteiger partial charge in [0.05, 0.1) is 31.3 Å². The van der Waals surface area contributed by atoms with Crippen LogP contribution in [0.2, 0.25) is 0 Å². The number of sulfonamides is 1. The third kappa shape index (κ3) is 4.84. The molecule has 0 saturated carbocycles. The van der Waals surface area contributed by atoms with Gasteiger partial charge in [0.25, 0.3) is 5.91 Å². The molecule has 1 fully saturated rings. The molecular formula is C22H28N2O6S. The van der Waals surface area contributed by atoms with Gasteiger partial charge in [-0.2, -0.15) is 4.31 Å². The van der Waals surface area contributed by atoms with E-state index in [4.69, 9.17) is 14.2 Å². The molecule has 1 amide bonds.